The van der Waals surface area contributed by atoms with Crippen LogP contribution in [0.5, 0.6) is 0 Å². The molecule has 1 N–H and O–H groups in total. The van der Waals surface area contributed by atoms with Crippen LogP contribution in [0.25, 0.3) is 11.8 Å². The summed E-state index contributed by atoms with van der Waals surface area (Å²) in [5, 5.41) is 5.98. The topological polar surface area (TPSA) is 12.0 Å². The number of allylic oxidation sites excluding steroid dienone is 3. The predicted molar refractivity (Wildman–Crippen MR) is 70.5 cm³/mol. The fourth-order valence-corrected chi connectivity index (χ4v) is 3.26. The molecule has 84 valence electrons. The summed E-state index contributed by atoms with van der Waals surface area (Å²) >= 11 is 0. The van der Waals surface area contributed by atoms with Crippen molar-refractivity contribution in [3.05, 3.63) is 58.6 Å². The maximum atomic E-state index is 3.23. The lowest BCUT2D eigenvalue weighted by molar-refractivity contribution is 0.311. The Bertz CT molecular complexity index is 657. The summed E-state index contributed by atoms with van der Waals surface area (Å²) in [6.45, 7) is 0. The van der Waals surface area contributed by atoms with Gasteiger partial charge in [0.05, 0.1) is 0 Å². The number of rotatable bonds is 0. The van der Waals surface area contributed by atoms with E-state index in [2.05, 4.69) is 47.9 Å². The van der Waals surface area contributed by atoms with Crippen molar-refractivity contribution < 1.29 is 0 Å². The second kappa shape index (κ2) is 3.13. The minimum Gasteiger partial charge on any atom is -0.367 e. The van der Waals surface area contributed by atoms with Crippen LogP contribution in [0.4, 0.5) is 0 Å². The molecule has 4 rings (SSSR count). The largest absolute Gasteiger partial charge is 0.367 e. The molecule has 0 aromatic heterocycles. The zero-order chi connectivity index (χ0) is 11.3. The Labute approximate surface area is 101 Å². The molecule has 2 aliphatic carbocycles. The van der Waals surface area contributed by atoms with Gasteiger partial charge in [-0.15, -0.1) is 0 Å². The van der Waals surface area contributed by atoms with Crippen LogP contribution < -0.4 is 15.8 Å². The van der Waals surface area contributed by atoms with Crippen LogP contribution in [0, 0.1) is 0 Å². The second-order valence-electron chi connectivity index (χ2n) is 5.21. The van der Waals surface area contributed by atoms with Crippen LogP contribution in [0.1, 0.15) is 24.8 Å². The lowest BCUT2D eigenvalue weighted by Gasteiger charge is -2.42. The number of benzene rings is 1. The van der Waals surface area contributed by atoms with E-state index in [1.165, 1.54) is 40.8 Å². The van der Waals surface area contributed by atoms with Gasteiger partial charge in [0.2, 0.25) is 0 Å². The normalized spacial score (nSPS) is 22.2. The Balaban J connectivity index is 2.16. The van der Waals surface area contributed by atoms with Gasteiger partial charge >= 0.3 is 0 Å². The van der Waals surface area contributed by atoms with Gasteiger partial charge in [-0.1, -0.05) is 36.8 Å². The lowest BCUT2D eigenvalue weighted by Crippen LogP contribution is -2.44. The lowest BCUT2D eigenvalue weighted by atomic mass is 9.62. The number of hydrogen-bond donors (Lipinski definition) is 1. The van der Waals surface area contributed by atoms with E-state index >= 15 is 0 Å². The Morgan fingerprint density at radius 3 is 2.88 bits per heavy atom. The third-order valence-electron chi connectivity index (χ3n) is 4.35. The smallest absolute Gasteiger partial charge is 0.0141 e. The first-order valence-electron chi connectivity index (χ1n) is 6.35. The third kappa shape index (κ3) is 1.14. The summed E-state index contributed by atoms with van der Waals surface area (Å²) in [7, 11) is 0. The standard InChI is InChI=1S/C16H15N/c1-3-13-11-17-10-6-12-5-9-16(7-2-8-16)14(4-1)15(12)13/h1,3-6,9-11,17H,2,7-8H2. The van der Waals surface area contributed by atoms with Crippen molar-refractivity contribution in [2.45, 2.75) is 24.7 Å². The molecule has 17 heavy (non-hydrogen) atoms. The first kappa shape index (κ1) is 9.29. The molecule has 0 atom stereocenters. The van der Waals surface area contributed by atoms with Gasteiger partial charge in [0.1, 0.15) is 0 Å². The molecule has 0 amide bonds. The van der Waals surface area contributed by atoms with Gasteiger partial charge in [0, 0.05) is 17.8 Å². The van der Waals surface area contributed by atoms with E-state index in [4.69, 9.17) is 0 Å². The van der Waals surface area contributed by atoms with Crippen molar-refractivity contribution in [3.8, 4) is 0 Å². The molecule has 1 nitrogen and oxygen atoms in total. The van der Waals surface area contributed by atoms with E-state index in [0.29, 0.717) is 5.41 Å². The zero-order valence-electron chi connectivity index (χ0n) is 9.74. The van der Waals surface area contributed by atoms with E-state index < -0.39 is 0 Å². The van der Waals surface area contributed by atoms with Crippen LogP contribution in [-0.2, 0) is 5.41 Å². The van der Waals surface area contributed by atoms with Gasteiger partial charge < -0.3 is 5.32 Å². The Kier molecular flexibility index (Phi) is 1.71. The number of fused-ring (bicyclic) bond motifs is 1. The average Bonchev–Trinajstić information content (AvgIpc) is 2.52. The maximum Gasteiger partial charge on any atom is 0.0141 e. The molecule has 0 saturated heterocycles. The molecule has 1 saturated carbocycles. The van der Waals surface area contributed by atoms with E-state index in [1.807, 2.05) is 6.20 Å². The number of nitrogens with one attached hydrogen (secondary N) is 1. The molecule has 1 heterocycles. The maximum absolute atomic E-state index is 3.23. The van der Waals surface area contributed by atoms with E-state index in [-0.39, 0.29) is 0 Å². The van der Waals surface area contributed by atoms with Crippen LogP contribution in [0.15, 0.2) is 42.6 Å². The molecule has 1 heteroatoms. The van der Waals surface area contributed by atoms with Gasteiger partial charge in [-0.05, 0) is 40.5 Å². The van der Waals surface area contributed by atoms with Crippen molar-refractivity contribution in [2.24, 2.45) is 0 Å². The Morgan fingerprint density at radius 2 is 2.06 bits per heavy atom. The van der Waals surface area contributed by atoms with Crippen molar-refractivity contribution in [3.63, 3.8) is 0 Å². The fourth-order valence-electron chi connectivity index (χ4n) is 3.26. The summed E-state index contributed by atoms with van der Waals surface area (Å²) in [6, 6.07) is 6.70. The van der Waals surface area contributed by atoms with E-state index in [9.17, 15) is 0 Å². The van der Waals surface area contributed by atoms with Gasteiger partial charge in [-0.3, -0.25) is 0 Å². The Morgan fingerprint density at radius 1 is 1.12 bits per heavy atom. The highest BCUT2D eigenvalue weighted by atomic mass is 14.8. The molecule has 1 aromatic rings. The van der Waals surface area contributed by atoms with Crippen molar-refractivity contribution in [2.75, 3.05) is 0 Å². The monoisotopic (exact) mass is 221 g/mol. The van der Waals surface area contributed by atoms with E-state index in [1.54, 1.807) is 0 Å². The molecule has 0 radical (unpaired) electrons. The van der Waals surface area contributed by atoms with Gasteiger partial charge in [-0.2, -0.15) is 0 Å². The molecule has 0 unspecified atom stereocenters. The van der Waals surface area contributed by atoms with Crippen LogP contribution in [0.2, 0.25) is 0 Å². The van der Waals surface area contributed by atoms with Gasteiger partial charge in [-0.25, -0.2) is 0 Å². The average molecular weight is 221 g/mol. The summed E-state index contributed by atoms with van der Waals surface area (Å²) in [5.41, 5.74) is 3.22. The first-order valence-corrected chi connectivity index (χ1v) is 6.35. The van der Waals surface area contributed by atoms with Crippen LogP contribution >= 0.6 is 0 Å². The number of hydrogen-bond acceptors (Lipinski definition) is 1. The second-order valence-corrected chi connectivity index (χ2v) is 5.21. The highest BCUT2D eigenvalue weighted by Gasteiger charge is 2.38. The van der Waals surface area contributed by atoms with Crippen LogP contribution in [-0.4, -0.2) is 0 Å². The molecular weight excluding hydrogens is 206 g/mol. The summed E-state index contributed by atoms with van der Waals surface area (Å²) in [5.74, 6) is 0. The fraction of sp³-hybridized carbons (Fsp3) is 0.250. The first-order chi connectivity index (χ1) is 8.39. The molecule has 1 fully saturated rings. The minimum absolute atomic E-state index is 0.348. The molecule has 1 aliphatic heterocycles. The highest BCUT2D eigenvalue weighted by molar-refractivity contribution is 5.72. The molecule has 3 aliphatic rings. The molecular formula is C16H15N. The van der Waals surface area contributed by atoms with E-state index in [0.717, 1.165) is 0 Å². The van der Waals surface area contributed by atoms with Crippen molar-refractivity contribution >= 4 is 11.8 Å². The van der Waals surface area contributed by atoms with Crippen molar-refractivity contribution in [1.29, 1.82) is 0 Å². The van der Waals surface area contributed by atoms with Crippen LogP contribution in [0.3, 0.4) is 0 Å². The SMILES string of the molecule is C1=CC2=c3c(cccc3=CN1)C1(C=C2)CCC1. The Hall–Kier alpha value is -1.76. The molecule has 1 aromatic carbocycles. The summed E-state index contributed by atoms with van der Waals surface area (Å²) in [6.07, 6.45) is 15.0. The van der Waals surface area contributed by atoms with Gasteiger partial charge in [0.15, 0.2) is 0 Å². The summed E-state index contributed by atoms with van der Waals surface area (Å²) in [4.78, 5) is 0. The third-order valence-corrected chi connectivity index (χ3v) is 4.35. The summed E-state index contributed by atoms with van der Waals surface area (Å²) < 4.78 is 0. The van der Waals surface area contributed by atoms with Crippen molar-refractivity contribution in [1.82, 2.24) is 5.32 Å². The predicted octanol–water partition coefficient (Wildman–Crippen LogP) is 1.68. The minimum atomic E-state index is 0.348. The molecule has 1 spiro atoms. The highest BCUT2D eigenvalue weighted by Crippen LogP contribution is 2.45. The quantitative estimate of drug-likeness (QED) is 0.703. The van der Waals surface area contributed by atoms with Gasteiger partial charge in [0.25, 0.3) is 0 Å². The zero-order valence-corrected chi connectivity index (χ0v) is 9.74. The molecule has 0 bridgehead atoms.